The van der Waals surface area contributed by atoms with Crippen molar-refractivity contribution >= 4 is 11.6 Å². The number of rotatable bonds is 3. The molecule has 5 heteroatoms. The molecule has 0 radical (unpaired) electrons. The molecule has 1 aliphatic carbocycles. The van der Waals surface area contributed by atoms with E-state index in [9.17, 15) is 9.90 Å². The van der Waals surface area contributed by atoms with E-state index >= 15 is 0 Å². The molecule has 2 aromatic rings. The number of carbonyl (C=O) groups is 1. The van der Waals surface area contributed by atoms with E-state index in [1.807, 2.05) is 16.7 Å². The zero-order chi connectivity index (χ0) is 16.0. The molecule has 3 heterocycles. The molecule has 0 aromatic carbocycles. The predicted molar refractivity (Wildman–Crippen MR) is 87.3 cm³/mol. The van der Waals surface area contributed by atoms with Gasteiger partial charge in [-0.05, 0) is 43.7 Å². The van der Waals surface area contributed by atoms with Crippen LogP contribution in [0.1, 0.15) is 43.4 Å². The highest BCUT2D eigenvalue weighted by atomic mass is 16.4. The lowest BCUT2D eigenvalue weighted by Crippen LogP contribution is -2.41. The zero-order valence-electron chi connectivity index (χ0n) is 13.5. The minimum Gasteiger partial charge on any atom is -0.480 e. The standard InChI is InChI=1S/C18H23N3O2/c1-12-6-7-17-19-14(10-20(17)9-12)11-21-15-5-3-2-4-13(15)8-16(21)18(22)23/h6-7,9-10,13,15-16H,2-5,8,11H2,1H3,(H,22,23)/t13-,15+,16+/m1/s1. The molecule has 1 aliphatic heterocycles. The molecule has 1 saturated carbocycles. The summed E-state index contributed by atoms with van der Waals surface area (Å²) in [7, 11) is 0. The Morgan fingerprint density at radius 1 is 1.30 bits per heavy atom. The predicted octanol–water partition coefficient (Wildman–Crippen LogP) is 2.86. The SMILES string of the molecule is Cc1ccc2nc(CN3[C@H](C(=O)O)C[C@H]4CCCC[C@@H]43)cn2c1. The molecule has 3 atom stereocenters. The Bertz CT molecular complexity index is 739. The molecule has 0 unspecified atom stereocenters. The van der Waals surface area contributed by atoms with Crippen LogP contribution in [0.25, 0.3) is 5.65 Å². The Hall–Kier alpha value is -1.88. The van der Waals surface area contributed by atoms with E-state index in [2.05, 4.69) is 29.1 Å². The van der Waals surface area contributed by atoms with Crippen LogP contribution in [0.2, 0.25) is 0 Å². The van der Waals surface area contributed by atoms with Gasteiger partial charge in [0.15, 0.2) is 0 Å². The molecular formula is C18H23N3O2. The zero-order valence-corrected chi connectivity index (χ0v) is 13.5. The first-order valence-electron chi connectivity index (χ1n) is 8.54. The third-order valence-corrected chi connectivity index (χ3v) is 5.50. The number of hydrogen-bond acceptors (Lipinski definition) is 3. The van der Waals surface area contributed by atoms with E-state index < -0.39 is 5.97 Å². The lowest BCUT2D eigenvalue weighted by atomic mass is 9.85. The first-order chi connectivity index (χ1) is 11.1. The van der Waals surface area contributed by atoms with Gasteiger partial charge in [0, 0.05) is 25.0 Å². The number of pyridine rings is 1. The molecule has 2 aliphatic rings. The van der Waals surface area contributed by atoms with Crippen LogP contribution in [0.4, 0.5) is 0 Å². The van der Waals surface area contributed by atoms with Crippen molar-refractivity contribution in [2.75, 3.05) is 0 Å². The first-order valence-corrected chi connectivity index (χ1v) is 8.54. The van der Waals surface area contributed by atoms with E-state index in [1.165, 1.54) is 24.8 Å². The van der Waals surface area contributed by atoms with Gasteiger partial charge in [-0.1, -0.05) is 18.9 Å². The highest BCUT2D eigenvalue weighted by molar-refractivity contribution is 5.74. The Kier molecular flexibility index (Phi) is 3.60. The van der Waals surface area contributed by atoms with Gasteiger partial charge in [0.05, 0.1) is 5.69 Å². The average molecular weight is 313 g/mol. The summed E-state index contributed by atoms with van der Waals surface area (Å²) in [5, 5.41) is 9.62. The van der Waals surface area contributed by atoms with Crippen LogP contribution >= 0.6 is 0 Å². The van der Waals surface area contributed by atoms with Gasteiger partial charge in [0.25, 0.3) is 0 Å². The van der Waals surface area contributed by atoms with Crippen molar-refractivity contribution in [1.82, 2.24) is 14.3 Å². The van der Waals surface area contributed by atoms with Crippen molar-refractivity contribution in [3.63, 3.8) is 0 Å². The molecule has 1 N–H and O–H groups in total. The second kappa shape index (κ2) is 5.64. The molecular weight excluding hydrogens is 290 g/mol. The molecule has 2 fully saturated rings. The number of fused-ring (bicyclic) bond motifs is 2. The van der Waals surface area contributed by atoms with E-state index in [0.29, 0.717) is 18.5 Å². The smallest absolute Gasteiger partial charge is 0.320 e. The fraction of sp³-hybridized carbons (Fsp3) is 0.556. The highest BCUT2D eigenvalue weighted by Crippen LogP contribution is 2.40. The normalized spacial score (nSPS) is 28.1. The summed E-state index contributed by atoms with van der Waals surface area (Å²) in [6.45, 7) is 2.70. The van der Waals surface area contributed by atoms with Gasteiger partial charge >= 0.3 is 5.97 Å². The Morgan fingerprint density at radius 3 is 2.96 bits per heavy atom. The maximum absolute atomic E-state index is 11.7. The largest absolute Gasteiger partial charge is 0.480 e. The number of aryl methyl sites for hydroxylation is 1. The van der Waals surface area contributed by atoms with Crippen molar-refractivity contribution in [2.24, 2.45) is 5.92 Å². The number of carboxylic acids is 1. The fourth-order valence-electron chi connectivity index (χ4n) is 4.44. The van der Waals surface area contributed by atoms with Crippen molar-refractivity contribution in [3.05, 3.63) is 35.8 Å². The molecule has 23 heavy (non-hydrogen) atoms. The fourth-order valence-corrected chi connectivity index (χ4v) is 4.44. The number of likely N-dealkylation sites (tertiary alicyclic amines) is 1. The number of carboxylic acid groups (broad SMARTS) is 1. The second-order valence-electron chi connectivity index (χ2n) is 7.08. The second-order valence-corrected chi connectivity index (χ2v) is 7.08. The number of imidazole rings is 1. The van der Waals surface area contributed by atoms with E-state index in [-0.39, 0.29) is 6.04 Å². The molecule has 122 valence electrons. The van der Waals surface area contributed by atoms with Crippen LogP contribution in [0.3, 0.4) is 0 Å². The summed E-state index contributed by atoms with van der Waals surface area (Å²) in [4.78, 5) is 18.6. The summed E-state index contributed by atoms with van der Waals surface area (Å²) in [5.41, 5.74) is 3.09. The maximum Gasteiger partial charge on any atom is 0.320 e. The summed E-state index contributed by atoms with van der Waals surface area (Å²) >= 11 is 0. The molecule has 0 bridgehead atoms. The van der Waals surface area contributed by atoms with Crippen molar-refractivity contribution in [3.8, 4) is 0 Å². The number of aliphatic carboxylic acids is 1. The highest BCUT2D eigenvalue weighted by Gasteiger charge is 2.45. The van der Waals surface area contributed by atoms with Crippen molar-refractivity contribution in [1.29, 1.82) is 0 Å². The maximum atomic E-state index is 11.7. The van der Waals surface area contributed by atoms with Gasteiger partial charge < -0.3 is 9.51 Å². The topological polar surface area (TPSA) is 57.8 Å². The van der Waals surface area contributed by atoms with Gasteiger partial charge in [-0.3, -0.25) is 9.69 Å². The quantitative estimate of drug-likeness (QED) is 0.946. The van der Waals surface area contributed by atoms with Crippen LogP contribution in [0.15, 0.2) is 24.5 Å². The Labute approximate surface area is 135 Å². The minimum absolute atomic E-state index is 0.352. The Balaban J connectivity index is 1.62. The third kappa shape index (κ3) is 2.63. The first kappa shape index (κ1) is 14.7. The van der Waals surface area contributed by atoms with Gasteiger partial charge in [-0.25, -0.2) is 4.98 Å². The van der Waals surface area contributed by atoms with Crippen LogP contribution < -0.4 is 0 Å². The lowest BCUT2D eigenvalue weighted by Gasteiger charge is -2.32. The third-order valence-electron chi connectivity index (χ3n) is 5.50. The summed E-state index contributed by atoms with van der Waals surface area (Å²) in [5.74, 6) is -0.136. The molecule has 4 rings (SSSR count). The van der Waals surface area contributed by atoms with Crippen LogP contribution in [-0.2, 0) is 11.3 Å². The minimum atomic E-state index is -0.681. The van der Waals surface area contributed by atoms with Gasteiger partial charge in [-0.2, -0.15) is 0 Å². The lowest BCUT2D eigenvalue weighted by molar-refractivity contribution is -0.142. The van der Waals surface area contributed by atoms with Gasteiger partial charge in [0.1, 0.15) is 11.7 Å². The summed E-state index contributed by atoms with van der Waals surface area (Å²) < 4.78 is 2.04. The van der Waals surface area contributed by atoms with E-state index in [1.54, 1.807) is 0 Å². The van der Waals surface area contributed by atoms with Crippen LogP contribution in [-0.4, -0.2) is 37.4 Å². The molecule has 2 aromatic heterocycles. The van der Waals surface area contributed by atoms with Gasteiger partial charge in [-0.15, -0.1) is 0 Å². The van der Waals surface area contributed by atoms with E-state index in [4.69, 9.17) is 0 Å². The molecule has 5 nitrogen and oxygen atoms in total. The van der Waals surface area contributed by atoms with Gasteiger partial charge in [0.2, 0.25) is 0 Å². The monoisotopic (exact) mass is 313 g/mol. The molecule has 0 spiro atoms. The summed E-state index contributed by atoms with van der Waals surface area (Å²) in [6.07, 6.45) is 9.66. The van der Waals surface area contributed by atoms with Crippen molar-refractivity contribution in [2.45, 2.75) is 57.7 Å². The summed E-state index contributed by atoms with van der Waals surface area (Å²) in [6, 6.07) is 4.13. The Morgan fingerprint density at radius 2 is 2.13 bits per heavy atom. The van der Waals surface area contributed by atoms with Crippen molar-refractivity contribution < 1.29 is 9.90 Å². The molecule has 1 saturated heterocycles. The van der Waals surface area contributed by atoms with Crippen LogP contribution in [0, 0.1) is 12.8 Å². The van der Waals surface area contributed by atoms with E-state index in [0.717, 1.165) is 24.2 Å². The average Bonchev–Trinajstić information content (AvgIpc) is 3.08. The number of nitrogens with zero attached hydrogens (tertiary/aromatic N) is 3. The number of hydrogen-bond donors (Lipinski definition) is 1. The van der Waals surface area contributed by atoms with Crippen LogP contribution in [0.5, 0.6) is 0 Å². The number of aromatic nitrogens is 2. The molecule has 0 amide bonds.